The molecule has 0 spiro atoms. The molecule has 0 atom stereocenters. The van der Waals surface area contributed by atoms with Crippen molar-refractivity contribution in [3.8, 4) is 0 Å². The number of hydrogen-bond acceptors (Lipinski definition) is 10. The highest BCUT2D eigenvalue weighted by molar-refractivity contribution is 4.54. The van der Waals surface area contributed by atoms with E-state index in [1.807, 2.05) is 0 Å². The van der Waals surface area contributed by atoms with E-state index in [-0.39, 0.29) is 39.6 Å². The molecule has 0 rings (SSSR count). The highest BCUT2D eigenvalue weighted by Gasteiger charge is 2.01. The van der Waals surface area contributed by atoms with Gasteiger partial charge in [0.1, 0.15) is 0 Å². The summed E-state index contributed by atoms with van der Waals surface area (Å²) >= 11 is 0. The molecule has 8 N–H and O–H groups in total. The summed E-state index contributed by atoms with van der Waals surface area (Å²) in [5, 5.41) is 67.0. The van der Waals surface area contributed by atoms with Crippen molar-refractivity contribution in [2.45, 2.75) is 39.5 Å². The molecule has 0 saturated carbocycles. The van der Waals surface area contributed by atoms with Crippen LogP contribution in [0.15, 0.2) is 0 Å². The van der Waals surface area contributed by atoms with Crippen LogP contribution in [0.2, 0.25) is 0 Å². The summed E-state index contributed by atoms with van der Waals surface area (Å²) in [5.74, 6) is 0. The topological polar surface area (TPSA) is 168 Å². The molecule has 0 bridgehead atoms. The number of rotatable bonds is 16. The summed E-state index contributed by atoms with van der Waals surface area (Å²) in [6.45, 7) is 8.30. The molecule has 0 saturated heterocycles. The summed E-state index contributed by atoms with van der Waals surface area (Å²) in [6, 6.07) is 0. The lowest BCUT2D eigenvalue weighted by atomic mass is 10.4. The van der Waals surface area contributed by atoms with Gasteiger partial charge in [0.15, 0.2) is 0 Å². The van der Waals surface area contributed by atoms with E-state index in [2.05, 4.69) is 13.8 Å². The van der Waals surface area contributed by atoms with Crippen molar-refractivity contribution in [2.24, 2.45) is 0 Å². The molecule has 0 aliphatic rings. The predicted octanol–water partition coefficient (Wildman–Crippen LogP) is -1.91. The van der Waals surface area contributed by atoms with Gasteiger partial charge in [0.05, 0.1) is 39.6 Å². The normalized spacial score (nSPS) is 10.0. The highest BCUT2D eigenvalue weighted by Crippen LogP contribution is 1.85. The largest absolute Gasteiger partial charge is 0.396 e. The van der Waals surface area contributed by atoms with Gasteiger partial charge in [-0.1, -0.05) is 26.7 Å². The van der Waals surface area contributed by atoms with Gasteiger partial charge in [-0.3, -0.25) is 9.80 Å². The van der Waals surface area contributed by atoms with Gasteiger partial charge in [-0.05, 0) is 12.8 Å². The lowest BCUT2D eigenvalue weighted by molar-refractivity contribution is 0.136. The van der Waals surface area contributed by atoms with Crippen LogP contribution in [0.3, 0.4) is 0 Å². The number of unbranched alkanes of at least 4 members (excludes halogenated alkanes) is 2. The van der Waals surface area contributed by atoms with Gasteiger partial charge in [-0.2, -0.15) is 0 Å². The molecule has 0 aromatic rings. The Kier molecular flexibility index (Phi) is 48.2. The molecule has 0 fully saturated rings. The van der Waals surface area contributed by atoms with Gasteiger partial charge in [0.25, 0.3) is 0 Å². The molecule has 0 aliphatic heterocycles. The third-order valence-electron chi connectivity index (χ3n) is 3.52. The van der Waals surface area contributed by atoms with E-state index in [1.54, 1.807) is 9.80 Å². The van der Waals surface area contributed by atoms with Crippen molar-refractivity contribution < 1.29 is 40.9 Å². The maximum Gasteiger partial charge on any atom is 0.0558 e. The number of hydrogen-bond donors (Lipinski definition) is 8. The van der Waals surface area contributed by atoms with E-state index >= 15 is 0 Å². The fourth-order valence-corrected chi connectivity index (χ4v) is 1.84. The monoisotopic (exact) mass is 446 g/mol. The molecular weight excluding hydrogens is 396 g/mol. The zero-order valence-corrected chi connectivity index (χ0v) is 19.2. The van der Waals surface area contributed by atoms with Gasteiger partial charge in [0, 0.05) is 52.5 Å². The molecular formula is C20H50N2O8. The van der Waals surface area contributed by atoms with Crippen LogP contribution in [0.4, 0.5) is 0 Å². The Morgan fingerprint density at radius 3 is 0.633 bits per heavy atom. The average Bonchev–Trinajstić information content (AvgIpc) is 2.72. The van der Waals surface area contributed by atoms with Crippen LogP contribution in [-0.2, 0) is 0 Å². The molecule has 188 valence electrons. The molecule has 0 unspecified atom stereocenters. The van der Waals surface area contributed by atoms with E-state index in [9.17, 15) is 0 Å². The van der Waals surface area contributed by atoms with Crippen molar-refractivity contribution in [1.29, 1.82) is 0 Å². The van der Waals surface area contributed by atoms with Crippen molar-refractivity contribution in [2.75, 3.05) is 92.1 Å². The maximum atomic E-state index is 8.48. The lowest BCUT2D eigenvalue weighted by Crippen LogP contribution is -2.32. The molecule has 10 heteroatoms. The van der Waals surface area contributed by atoms with Gasteiger partial charge in [0.2, 0.25) is 0 Å². The molecule has 10 nitrogen and oxygen atoms in total. The summed E-state index contributed by atoms with van der Waals surface area (Å²) in [6.07, 6.45) is 4.08. The van der Waals surface area contributed by atoms with Gasteiger partial charge in [-0.15, -0.1) is 0 Å². The van der Waals surface area contributed by atoms with Crippen molar-refractivity contribution in [1.82, 2.24) is 9.80 Å². The van der Waals surface area contributed by atoms with Crippen molar-refractivity contribution in [3.05, 3.63) is 0 Å². The first-order valence-corrected chi connectivity index (χ1v) is 10.8. The van der Waals surface area contributed by atoms with Crippen LogP contribution < -0.4 is 0 Å². The molecule has 0 radical (unpaired) electrons. The Morgan fingerprint density at radius 1 is 0.367 bits per heavy atom. The van der Waals surface area contributed by atoms with E-state index < -0.39 is 0 Å². The SMILES string of the molecule is CCCCO.CCCCO.OCCN(CCO)CCO.OCCN(CCO)CCO. The molecule has 0 heterocycles. The Morgan fingerprint density at radius 2 is 0.567 bits per heavy atom. The first-order chi connectivity index (χ1) is 14.5. The fourth-order valence-electron chi connectivity index (χ4n) is 1.84. The minimum Gasteiger partial charge on any atom is -0.396 e. The molecule has 0 aliphatic carbocycles. The van der Waals surface area contributed by atoms with E-state index in [0.29, 0.717) is 52.5 Å². The second-order valence-corrected chi connectivity index (χ2v) is 6.18. The molecule has 30 heavy (non-hydrogen) atoms. The number of nitrogens with zero attached hydrogens (tertiary/aromatic N) is 2. The summed E-state index contributed by atoms with van der Waals surface area (Å²) in [4.78, 5) is 3.58. The highest BCUT2D eigenvalue weighted by atomic mass is 16.3. The second kappa shape index (κ2) is 39.1. The molecule has 0 aromatic carbocycles. The third-order valence-corrected chi connectivity index (χ3v) is 3.52. The predicted molar refractivity (Wildman–Crippen MR) is 119 cm³/mol. The average molecular weight is 447 g/mol. The van der Waals surface area contributed by atoms with Gasteiger partial charge in [-0.25, -0.2) is 0 Å². The smallest absolute Gasteiger partial charge is 0.0558 e. The van der Waals surface area contributed by atoms with Crippen LogP contribution >= 0.6 is 0 Å². The summed E-state index contributed by atoms with van der Waals surface area (Å²) < 4.78 is 0. The number of aliphatic hydroxyl groups excluding tert-OH is 8. The Balaban J connectivity index is -0.000000159. The van der Waals surface area contributed by atoms with Crippen molar-refractivity contribution >= 4 is 0 Å². The fraction of sp³-hybridized carbons (Fsp3) is 1.00. The summed E-state index contributed by atoms with van der Waals surface area (Å²) in [5.41, 5.74) is 0. The number of aliphatic hydroxyl groups is 8. The quantitative estimate of drug-likeness (QED) is 0.134. The van der Waals surface area contributed by atoms with E-state index in [4.69, 9.17) is 40.9 Å². The van der Waals surface area contributed by atoms with E-state index in [1.165, 1.54) is 0 Å². The Bertz CT molecular complexity index is 198. The van der Waals surface area contributed by atoms with Crippen LogP contribution in [0.25, 0.3) is 0 Å². The lowest BCUT2D eigenvalue weighted by Gasteiger charge is -2.17. The van der Waals surface area contributed by atoms with Crippen LogP contribution in [0.1, 0.15) is 39.5 Å². The van der Waals surface area contributed by atoms with Gasteiger partial charge < -0.3 is 40.9 Å². The Labute approximate surface area is 183 Å². The van der Waals surface area contributed by atoms with E-state index in [0.717, 1.165) is 25.7 Å². The second-order valence-electron chi connectivity index (χ2n) is 6.18. The maximum absolute atomic E-state index is 8.48. The standard InChI is InChI=1S/2C6H15NO3.2C4H10O/c2*8-4-1-7(2-5-9)3-6-10;2*1-2-3-4-5/h2*8-10H,1-6H2;2*5H,2-4H2,1H3. The van der Waals surface area contributed by atoms with Crippen LogP contribution in [0.5, 0.6) is 0 Å². The first kappa shape index (κ1) is 36.9. The van der Waals surface area contributed by atoms with Crippen LogP contribution in [0, 0.1) is 0 Å². The van der Waals surface area contributed by atoms with Gasteiger partial charge >= 0.3 is 0 Å². The zero-order chi connectivity index (χ0) is 23.9. The molecule has 0 aromatic heterocycles. The molecule has 0 amide bonds. The minimum atomic E-state index is 0.0694. The zero-order valence-electron chi connectivity index (χ0n) is 19.2. The van der Waals surface area contributed by atoms with Crippen molar-refractivity contribution in [3.63, 3.8) is 0 Å². The first-order valence-electron chi connectivity index (χ1n) is 10.8. The third kappa shape index (κ3) is 41.9. The van der Waals surface area contributed by atoms with Crippen LogP contribution in [-0.4, -0.2) is 143 Å². The Hall–Kier alpha value is -0.400. The summed E-state index contributed by atoms with van der Waals surface area (Å²) in [7, 11) is 0. The minimum absolute atomic E-state index is 0.0694.